The van der Waals surface area contributed by atoms with Crippen molar-refractivity contribution in [2.24, 2.45) is 0 Å². The summed E-state index contributed by atoms with van der Waals surface area (Å²) in [7, 11) is -0.741. The fraction of sp³-hybridized carbons (Fsp3) is 0.455. The fourth-order valence-corrected chi connectivity index (χ4v) is 2.17. The zero-order chi connectivity index (χ0) is 12.0. The normalized spacial score (nSPS) is 12.7. The van der Waals surface area contributed by atoms with Crippen LogP contribution in [0.4, 0.5) is 4.39 Å². The molecule has 16 heavy (non-hydrogen) atoms. The molecular formula is C11H15BrFNOS. The molecule has 0 saturated heterocycles. The largest absolute Gasteiger partial charge is 0.313 e. The predicted octanol–water partition coefficient (Wildman–Crippen LogP) is 2.45. The van der Waals surface area contributed by atoms with E-state index in [1.54, 1.807) is 12.3 Å². The monoisotopic (exact) mass is 307 g/mol. The van der Waals surface area contributed by atoms with Gasteiger partial charge in [-0.3, -0.25) is 4.21 Å². The molecule has 0 aliphatic carbocycles. The van der Waals surface area contributed by atoms with Gasteiger partial charge < -0.3 is 5.32 Å². The molecule has 0 saturated carbocycles. The van der Waals surface area contributed by atoms with E-state index in [1.165, 1.54) is 6.07 Å². The van der Waals surface area contributed by atoms with E-state index in [0.717, 1.165) is 17.4 Å². The molecule has 0 aliphatic rings. The Morgan fingerprint density at radius 3 is 2.88 bits per heavy atom. The van der Waals surface area contributed by atoms with Gasteiger partial charge in [0, 0.05) is 39.4 Å². The summed E-state index contributed by atoms with van der Waals surface area (Å²) < 4.78 is 24.9. The average molecular weight is 308 g/mol. The predicted molar refractivity (Wildman–Crippen MR) is 69.4 cm³/mol. The lowest BCUT2D eigenvalue weighted by Gasteiger charge is -2.05. The lowest BCUT2D eigenvalue weighted by atomic mass is 10.2. The molecule has 1 aromatic rings. The van der Waals surface area contributed by atoms with Crippen LogP contribution < -0.4 is 5.32 Å². The van der Waals surface area contributed by atoms with Crippen molar-refractivity contribution in [1.29, 1.82) is 0 Å². The first-order chi connectivity index (χ1) is 7.59. The van der Waals surface area contributed by atoms with Crippen molar-refractivity contribution in [3.8, 4) is 0 Å². The third kappa shape index (κ3) is 5.18. The Labute approximate surface area is 106 Å². The Kier molecular flexibility index (Phi) is 6.16. The molecule has 0 heterocycles. The molecule has 1 unspecified atom stereocenters. The first-order valence-electron chi connectivity index (χ1n) is 5.04. The molecule has 0 radical (unpaired) electrons. The highest BCUT2D eigenvalue weighted by Crippen LogP contribution is 2.14. The Morgan fingerprint density at radius 1 is 1.50 bits per heavy atom. The summed E-state index contributed by atoms with van der Waals surface area (Å²) in [5.41, 5.74) is 0.654. The van der Waals surface area contributed by atoms with E-state index in [-0.39, 0.29) is 5.82 Å². The summed E-state index contributed by atoms with van der Waals surface area (Å²) in [6, 6.07) is 5.03. The van der Waals surface area contributed by atoms with Gasteiger partial charge in [0.25, 0.3) is 0 Å². The van der Waals surface area contributed by atoms with Crippen molar-refractivity contribution < 1.29 is 8.60 Å². The number of hydrogen-bond donors (Lipinski definition) is 1. The number of nitrogens with one attached hydrogen (secondary N) is 1. The second-order valence-electron chi connectivity index (χ2n) is 3.54. The fourth-order valence-electron chi connectivity index (χ4n) is 1.29. The van der Waals surface area contributed by atoms with E-state index in [0.29, 0.717) is 17.9 Å². The quantitative estimate of drug-likeness (QED) is 0.818. The zero-order valence-corrected chi connectivity index (χ0v) is 11.5. The van der Waals surface area contributed by atoms with E-state index < -0.39 is 10.8 Å². The van der Waals surface area contributed by atoms with E-state index in [4.69, 9.17) is 0 Å². The number of benzene rings is 1. The zero-order valence-electron chi connectivity index (χ0n) is 9.13. The van der Waals surface area contributed by atoms with Gasteiger partial charge in [-0.25, -0.2) is 4.39 Å². The van der Waals surface area contributed by atoms with Crippen LogP contribution >= 0.6 is 15.9 Å². The molecule has 0 bridgehead atoms. The molecule has 5 heteroatoms. The number of rotatable bonds is 6. The van der Waals surface area contributed by atoms with Crippen LogP contribution in [0.15, 0.2) is 22.7 Å². The molecule has 90 valence electrons. The summed E-state index contributed by atoms with van der Waals surface area (Å²) in [4.78, 5) is 0. The second kappa shape index (κ2) is 7.14. The van der Waals surface area contributed by atoms with E-state index in [1.807, 2.05) is 6.07 Å². The van der Waals surface area contributed by atoms with Crippen molar-refractivity contribution in [2.45, 2.75) is 13.0 Å². The van der Waals surface area contributed by atoms with E-state index in [2.05, 4.69) is 21.2 Å². The summed E-state index contributed by atoms with van der Waals surface area (Å²) >= 11 is 3.21. The molecule has 1 rings (SSSR count). The minimum Gasteiger partial charge on any atom is -0.313 e. The summed E-state index contributed by atoms with van der Waals surface area (Å²) in [5, 5.41) is 3.13. The molecular weight excluding hydrogens is 293 g/mol. The molecule has 1 atom stereocenters. The maximum absolute atomic E-state index is 13.4. The topological polar surface area (TPSA) is 29.1 Å². The van der Waals surface area contributed by atoms with Gasteiger partial charge in [0.2, 0.25) is 0 Å². The van der Waals surface area contributed by atoms with E-state index in [9.17, 15) is 8.60 Å². The van der Waals surface area contributed by atoms with Crippen molar-refractivity contribution >= 4 is 26.7 Å². The first kappa shape index (κ1) is 13.8. The Hall–Kier alpha value is -0.260. The third-order valence-corrected chi connectivity index (χ3v) is 3.47. The first-order valence-corrected chi connectivity index (χ1v) is 7.56. The maximum atomic E-state index is 13.4. The van der Waals surface area contributed by atoms with Crippen LogP contribution in [-0.2, 0) is 17.3 Å². The smallest absolute Gasteiger partial charge is 0.128 e. The average Bonchev–Trinajstić information content (AvgIpc) is 2.20. The molecule has 0 fully saturated rings. The maximum Gasteiger partial charge on any atom is 0.128 e. The molecule has 2 nitrogen and oxygen atoms in total. The minimum atomic E-state index is -0.741. The summed E-state index contributed by atoms with van der Waals surface area (Å²) in [5.74, 6) is 0.483. The van der Waals surface area contributed by atoms with Gasteiger partial charge in [0.05, 0.1) is 0 Å². The van der Waals surface area contributed by atoms with Gasteiger partial charge in [-0.1, -0.05) is 22.0 Å². The van der Waals surface area contributed by atoms with Gasteiger partial charge in [0.15, 0.2) is 0 Å². The van der Waals surface area contributed by atoms with Gasteiger partial charge in [-0.05, 0) is 25.1 Å². The lowest BCUT2D eigenvalue weighted by molar-refractivity contribution is 0.585. The highest BCUT2D eigenvalue weighted by atomic mass is 79.9. The van der Waals surface area contributed by atoms with Crippen molar-refractivity contribution in [3.63, 3.8) is 0 Å². The van der Waals surface area contributed by atoms with Gasteiger partial charge in [0.1, 0.15) is 5.82 Å². The summed E-state index contributed by atoms with van der Waals surface area (Å²) in [6.07, 6.45) is 2.54. The van der Waals surface area contributed by atoms with E-state index >= 15 is 0 Å². The highest BCUT2D eigenvalue weighted by molar-refractivity contribution is 9.10. The Balaban J connectivity index is 2.29. The van der Waals surface area contributed by atoms with Crippen molar-refractivity contribution in [1.82, 2.24) is 5.32 Å². The molecule has 0 amide bonds. The Morgan fingerprint density at radius 2 is 2.25 bits per heavy atom. The number of hydrogen-bond acceptors (Lipinski definition) is 2. The molecule has 0 aliphatic heterocycles. The lowest BCUT2D eigenvalue weighted by Crippen LogP contribution is -2.17. The van der Waals surface area contributed by atoms with Gasteiger partial charge in [-0.2, -0.15) is 0 Å². The molecule has 0 spiro atoms. The van der Waals surface area contributed by atoms with Crippen LogP contribution in [0, 0.1) is 5.82 Å². The Bertz CT molecular complexity index is 373. The molecule has 0 aromatic heterocycles. The van der Waals surface area contributed by atoms with Crippen LogP contribution in [-0.4, -0.2) is 22.8 Å². The standard InChI is InChI=1S/C11H15BrFNOS/c1-16(15)6-2-5-14-8-9-3-4-10(12)7-11(9)13/h3-4,7,14H,2,5-6,8H2,1H3. The van der Waals surface area contributed by atoms with Crippen LogP contribution in [0.25, 0.3) is 0 Å². The van der Waals surface area contributed by atoms with Crippen molar-refractivity contribution in [3.05, 3.63) is 34.1 Å². The van der Waals surface area contributed by atoms with Crippen LogP contribution in [0.3, 0.4) is 0 Å². The van der Waals surface area contributed by atoms with Crippen molar-refractivity contribution in [2.75, 3.05) is 18.6 Å². The highest BCUT2D eigenvalue weighted by Gasteiger charge is 2.01. The SMILES string of the molecule is CS(=O)CCCNCc1ccc(Br)cc1F. The minimum absolute atomic E-state index is 0.207. The van der Waals surface area contributed by atoms with Crippen LogP contribution in [0.2, 0.25) is 0 Å². The van der Waals surface area contributed by atoms with Gasteiger partial charge >= 0.3 is 0 Å². The number of halogens is 2. The third-order valence-electron chi connectivity index (χ3n) is 2.12. The van der Waals surface area contributed by atoms with Crippen LogP contribution in [0.1, 0.15) is 12.0 Å². The molecule has 1 aromatic carbocycles. The molecule has 1 N–H and O–H groups in total. The summed E-state index contributed by atoms with van der Waals surface area (Å²) in [6.45, 7) is 1.27. The van der Waals surface area contributed by atoms with Crippen LogP contribution in [0.5, 0.6) is 0 Å². The second-order valence-corrected chi connectivity index (χ2v) is 6.01. The van der Waals surface area contributed by atoms with Gasteiger partial charge in [-0.15, -0.1) is 0 Å².